The highest BCUT2D eigenvalue weighted by Gasteiger charge is 2.20. The smallest absolute Gasteiger partial charge is 0.0916 e. The fourth-order valence-corrected chi connectivity index (χ4v) is 2.65. The van der Waals surface area contributed by atoms with Crippen molar-refractivity contribution >= 4 is 0 Å². The molecule has 96 valence electrons. The Labute approximate surface area is 104 Å². The van der Waals surface area contributed by atoms with Gasteiger partial charge in [-0.1, -0.05) is 6.08 Å². The van der Waals surface area contributed by atoms with Crippen LogP contribution in [0.25, 0.3) is 0 Å². The molecular weight excluding hydrogens is 212 g/mol. The zero-order valence-electron chi connectivity index (χ0n) is 10.7. The Kier molecular flexibility index (Phi) is 4.29. The molecule has 4 heteroatoms. The van der Waals surface area contributed by atoms with Crippen LogP contribution in [0.2, 0.25) is 0 Å². The van der Waals surface area contributed by atoms with Crippen LogP contribution in [0.4, 0.5) is 0 Å². The van der Waals surface area contributed by atoms with Gasteiger partial charge in [0.05, 0.1) is 12.1 Å². The fraction of sp³-hybridized carbons (Fsp3) is 0.846. The minimum absolute atomic E-state index is 0.217. The molecule has 0 aromatic carbocycles. The Morgan fingerprint density at radius 3 is 2.35 bits per heavy atom. The summed E-state index contributed by atoms with van der Waals surface area (Å²) < 4.78 is 0. The minimum atomic E-state index is 0.217. The molecule has 2 atom stereocenters. The molecule has 4 N–H and O–H groups in total. The molecule has 1 saturated carbocycles. The summed E-state index contributed by atoms with van der Waals surface area (Å²) in [5.74, 6) is 0. The molecule has 2 aliphatic rings. The van der Waals surface area contributed by atoms with Gasteiger partial charge < -0.3 is 11.5 Å². The van der Waals surface area contributed by atoms with E-state index in [-0.39, 0.29) is 12.1 Å². The molecule has 0 heterocycles. The topological polar surface area (TPSA) is 76.8 Å². The SMILES string of the molecule is CC1=CC(N)CCC1N=NC1CCC(N)CC1. The van der Waals surface area contributed by atoms with Crippen molar-refractivity contribution in [1.82, 2.24) is 0 Å². The molecule has 0 radical (unpaired) electrons. The van der Waals surface area contributed by atoms with Crippen LogP contribution in [0.15, 0.2) is 21.9 Å². The molecule has 0 aromatic heterocycles. The van der Waals surface area contributed by atoms with Crippen LogP contribution < -0.4 is 11.5 Å². The van der Waals surface area contributed by atoms with Crippen molar-refractivity contribution in [3.8, 4) is 0 Å². The predicted octanol–water partition coefficient (Wildman–Crippen LogP) is 2.14. The third-order valence-corrected chi connectivity index (χ3v) is 3.89. The van der Waals surface area contributed by atoms with Gasteiger partial charge in [-0.05, 0) is 51.0 Å². The summed E-state index contributed by atoms with van der Waals surface area (Å²) in [5.41, 5.74) is 13.0. The van der Waals surface area contributed by atoms with E-state index in [2.05, 4.69) is 23.2 Å². The maximum absolute atomic E-state index is 5.88. The van der Waals surface area contributed by atoms with E-state index in [0.29, 0.717) is 12.1 Å². The molecule has 0 amide bonds. The van der Waals surface area contributed by atoms with E-state index in [1.165, 1.54) is 5.57 Å². The first-order valence-electron chi connectivity index (χ1n) is 6.74. The summed E-state index contributed by atoms with van der Waals surface area (Å²) in [6, 6.07) is 1.27. The van der Waals surface area contributed by atoms with Gasteiger partial charge in [-0.3, -0.25) is 0 Å². The lowest BCUT2D eigenvalue weighted by atomic mass is 9.92. The molecule has 2 aliphatic carbocycles. The standard InChI is InChI=1S/C13H24N4/c1-9-8-11(15)4-7-13(9)17-16-12-5-2-10(14)3-6-12/h8,10-13H,2-7,14-15H2,1H3. The second kappa shape index (κ2) is 5.74. The van der Waals surface area contributed by atoms with Crippen LogP contribution in [-0.4, -0.2) is 24.2 Å². The highest BCUT2D eigenvalue weighted by atomic mass is 15.1. The van der Waals surface area contributed by atoms with Crippen molar-refractivity contribution in [2.45, 2.75) is 69.6 Å². The van der Waals surface area contributed by atoms with Crippen LogP contribution in [-0.2, 0) is 0 Å². The van der Waals surface area contributed by atoms with Crippen LogP contribution in [0.1, 0.15) is 45.4 Å². The third-order valence-electron chi connectivity index (χ3n) is 3.89. The molecule has 2 rings (SSSR count). The molecular formula is C13H24N4. The molecule has 17 heavy (non-hydrogen) atoms. The second-order valence-corrected chi connectivity index (χ2v) is 5.47. The average molecular weight is 236 g/mol. The molecule has 0 saturated heterocycles. The lowest BCUT2D eigenvalue weighted by Gasteiger charge is -2.24. The number of hydrogen-bond acceptors (Lipinski definition) is 4. The van der Waals surface area contributed by atoms with Gasteiger partial charge in [0, 0.05) is 12.1 Å². The Morgan fingerprint density at radius 1 is 1.00 bits per heavy atom. The van der Waals surface area contributed by atoms with E-state index < -0.39 is 0 Å². The van der Waals surface area contributed by atoms with E-state index >= 15 is 0 Å². The third kappa shape index (κ3) is 3.61. The summed E-state index contributed by atoms with van der Waals surface area (Å²) in [4.78, 5) is 0. The Hall–Kier alpha value is -0.740. The van der Waals surface area contributed by atoms with E-state index in [0.717, 1.165) is 38.5 Å². The van der Waals surface area contributed by atoms with Crippen LogP contribution in [0.3, 0.4) is 0 Å². The monoisotopic (exact) mass is 236 g/mol. The van der Waals surface area contributed by atoms with Gasteiger partial charge >= 0.3 is 0 Å². The molecule has 0 spiro atoms. The zero-order chi connectivity index (χ0) is 12.3. The van der Waals surface area contributed by atoms with Crippen molar-refractivity contribution in [2.24, 2.45) is 21.7 Å². The van der Waals surface area contributed by atoms with E-state index in [4.69, 9.17) is 11.5 Å². The molecule has 1 fully saturated rings. The first-order valence-corrected chi connectivity index (χ1v) is 6.74. The summed E-state index contributed by atoms with van der Waals surface area (Å²) in [6.07, 6.45) is 8.57. The lowest BCUT2D eigenvalue weighted by Crippen LogP contribution is -2.28. The minimum Gasteiger partial charge on any atom is -0.328 e. The fourth-order valence-electron chi connectivity index (χ4n) is 2.65. The van der Waals surface area contributed by atoms with Gasteiger partial charge in [-0.25, -0.2) is 0 Å². The van der Waals surface area contributed by atoms with Crippen molar-refractivity contribution in [1.29, 1.82) is 0 Å². The van der Waals surface area contributed by atoms with E-state index in [9.17, 15) is 0 Å². The molecule has 0 aromatic rings. The molecule has 0 bridgehead atoms. The zero-order valence-corrected chi connectivity index (χ0v) is 10.7. The van der Waals surface area contributed by atoms with Gasteiger partial charge in [0.15, 0.2) is 0 Å². The van der Waals surface area contributed by atoms with Crippen LogP contribution >= 0.6 is 0 Å². The highest BCUT2D eigenvalue weighted by molar-refractivity contribution is 5.14. The first-order chi connectivity index (χ1) is 8.15. The van der Waals surface area contributed by atoms with Gasteiger partial charge in [0.25, 0.3) is 0 Å². The average Bonchev–Trinajstić information content (AvgIpc) is 2.30. The first kappa shape index (κ1) is 12.7. The summed E-state index contributed by atoms with van der Waals surface area (Å²) in [7, 11) is 0. The number of azo groups is 1. The van der Waals surface area contributed by atoms with Gasteiger partial charge in [0.1, 0.15) is 0 Å². The second-order valence-electron chi connectivity index (χ2n) is 5.47. The van der Waals surface area contributed by atoms with Crippen molar-refractivity contribution in [3.05, 3.63) is 11.6 Å². The van der Waals surface area contributed by atoms with Crippen LogP contribution in [0.5, 0.6) is 0 Å². The van der Waals surface area contributed by atoms with Crippen molar-refractivity contribution in [2.75, 3.05) is 0 Å². The number of nitrogens with zero attached hydrogens (tertiary/aromatic N) is 2. The van der Waals surface area contributed by atoms with E-state index in [1.54, 1.807) is 0 Å². The lowest BCUT2D eigenvalue weighted by molar-refractivity contribution is 0.380. The summed E-state index contributed by atoms with van der Waals surface area (Å²) in [5, 5.41) is 9.01. The van der Waals surface area contributed by atoms with Gasteiger partial charge in [-0.2, -0.15) is 10.2 Å². The van der Waals surface area contributed by atoms with Gasteiger partial charge in [-0.15, -0.1) is 0 Å². The highest BCUT2D eigenvalue weighted by Crippen LogP contribution is 2.24. The Morgan fingerprint density at radius 2 is 1.71 bits per heavy atom. The van der Waals surface area contributed by atoms with Crippen molar-refractivity contribution < 1.29 is 0 Å². The maximum atomic E-state index is 5.88. The maximum Gasteiger partial charge on any atom is 0.0916 e. The molecule has 4 nitrogen and oxygen atoms in total. The van der Waals surface area contributed by atoms with Crippen molar-refractivity contribution in [3.63, 3.8) is 0 Å². The summed E-state index contributed by atoms with van der Waals surface area (Å²) >= 11 is 0. The normalized spacial score (nSPS) is 39.4. The quantitative estimate of drug-likeness (QED) is 0.569. The number of hydrogen-bond donors (Lipinski definition) is 2. The number of rotatable bonds is 2. The summed E-state index contributed by atoms with van der Waals surface area (Å²) in [6.45, 7) is 2.11. The molecule has 2 unspecified atom stereocenters. The number of nitrogens with two attached hydrogens (primary N) is 2. The van der Waals surface area contributed by atoms with Gasteiger partial charge in [0.2, 0.25) is 0 Å². The van der Waals surface area contributed by atoms with Crippen LogP contribution in [0, 0.1) is 0 Å². The Balaban J connectivity index is 1.86. The molecule has 0 aliphatic heterocycles. The predicted molar refractivity (Wildman–Crippen MR) is 69.8 cm³/mol. The Bertz CT molecular complexity index is 303. The largest absolute Gasteiger partial charge is 0.328 e. The van der Waals surface area contributed by atoms with E-state index in [1.807, 2.05) is 0 Å².